The van der Waals surface area contributed by atoms with Gasteiger partial charge in [0.1, 0.15) is 0 Å². The summed E-state index contributed by atoms with van der Waals surface area (Å²) in [5.74, 6) is -2.41. The molecule has 0 spiro atoms. The van der Waals surface area contributed by atoms with E-state index in [9.17, 15) is 9.59 Å². The molecule has 0 rings (SSSR count). The van der Waals surface area contributed by atoms with E-state index in [2.05, 4.69) is 4.74 Å². The normalized spacial score (nSPS) is 12.2. The van der Waals surface area contributed by atoms with Crippen LogP contribution in [0, 0.1) is 0 Å². The van der Waals surface area contributed by atoms with Gasteiger partial charge in [-0.3, -0.25) is 4.79 Å². The fourth-order valence-electron chi connectivity index (χ4n) is 0.208. The number of carboxylic acids is 1. The van der Waals surface area contributed by atoms with E-state index in [0.717, 1.165) is 6.92 Å². The highest BCUT2D eigenvalue weighted by Gasteiger charge is 2.14. The average Bonchev–Trinajstić information content (AvgIpc) is 1.63. The number of carbonyl (C=O) groups excluding carboxylic acids is 1. The monoisotopic (exact) mass is 134 g/mol. The third-order valence-corrected chi connectivity index (χ3v) is 0.489. The Morgan fingerprint density at radius 3 is 2.11 bits per heavy atom. The van der Waals surface area contributed by atoms with E-state index in [4.69, 9.17) is 10.2 Å². The Bertz CT molecular complexity index is 129. The summed E-state index contributed by atoms with van der Waals surface area (Å²) in [7, 11) is 0. The van der Waals surface area contributed by atoms with Gasteiger partial charge in [0.05, 0.1) is 0 Å². The zero-order valence-electron chi connectivity index (χ0n) is 4.70. The van der Waals surface area contributed by atoms with E-state index in [0.29, 0.717) is 0 Å². The standard InChI is InChI=1S/C4H6O5/c1-2(5)9-4(8)3(6)7/h4,8H,1H3,(H,6,7). The van der Waals surface area contributed by atoms with Gasteiger partial charge in [0.2, 0.25) is 0 Å². The highest BCUT2D eigenvalue weighted by Crippen LogP contribution is 1.85. The molecule has 0 aromatic rings. The number of aliphatic hydroxyl groups is 1. The van der Waals surface area contributed by atoms with Crippen LogP contribution in [0.5, 0.6) is 0 Å². The average molecular weight is 134 g/mol. The maximum Gasteiger partial charge on any atom is 0.373 e. The molecule has 0 fully saturated rings. The molecule has 0 aliphatic rings. The predicted molar refractivity (Wildman–Crippen MR) is 25.4 cm³/mol. The fraction of sp³-hybridized carbons (Fsp3) is 0.500. The SMILES string of the molecule is CC(=O)OC(O)C(=O)O. The second kappa shape index (κ2) is 3.03. The second-order valence-electron chi connectivity index (χ2n) is 1.30. The summed E-state index contributed by atoms with van der Waals surface area (Å²) in [6, 6.07) is 0. The molecular weight excluding hydrogens is 128 g/mol. The summed E-state index contributed by atoms with van der Waals surface area (Å²) in [6.07, 6.45) is -2.04. The first kappa shape index (κ1) is 7.90. The molecule has 0 aliphatic carbocycles. The number of carboxylic acid groups (broad SMARTS) is 1. The van der Waals surface area contributed by atoms with Crippen molar-refractivity contribution >= 4 is 11.9 Å². The summed E-state index contributed by atoms with van der Waals surface area (Å²) in [6.45, 7) is 1.01. The lowest BCUT2D eigenvalue weighted by molar-refractivity contribution is -0.185. The lowest BCUT2D eigenvalue weighted by Crippen LogP contribution is -2.24. The molecule has 1 atom stereocenters. The molecule has 52 valence electrons. The Morgan fingerprint density at radius 1 is 1.56 bits per heavy atom. The molecule has 2 N–H and O–H groups in total. The van der Waals surface area contributed by atoms with Gasteiger partial charge in [0.15, 0.2) is 0 Å². The van der Waals surface area contributed by atoms with E-state index < -0.39 is 18.2 Å². The number of rotatable bonds is 2. The number of aliphatic carboxylic acids is 1. The van der Waals surface area contributed by atoms with Crippen LogP contribution in [0.2, 0.25) is 0 Å². The number of ether oxygens (including phenoxy) is 1. The summed E-state index contributed by atoms with van der Waals surface area (Å²) < 4.78 is 3.83. The van der Waals surface area contributed by atoms with E-state index in [1.165, 1.54) is 0 Å². The van der Waals surface area contributed by atoms with Crippen LogP contribution in [0.25, 0.3) is 0 Å². The van der Waals surface area contributed by atoms with Crippen molar-refractivity contribution in [3.05, 3.63) is 0 Å². The van der Waals surface area contributed by atoms with E-state index in [-0.39, 0.29) is 0 Å². The largest absolute Gasteiger partial charge is 0.477 e. The molecule has 1 unspecified atom stereocenters. The highest BCUT2D eigenvalue weighted by atomic mass is 16.7. The van der Waals surface area contributed by atoms with Crippen molar-refractivity contribution in [1.29, 1.82) is 0 Å². The predicted octanol–water partition coefficient (Wildman–Crippen LogP) is -1.05. The molecule has 9 heavy (non-hydrogen) atoms. The molecule has 0 aromatic carbocycles. The third kappa shape index (κ3) is 3.48. The van der Waals surface area contributed by atoms with E-state index >= 15 is 0 Å². The molecule has 0 radical (unpaired) electrons. The Balaban J connectivity index is 3.63. The van der Waals surface area contributed by atoms with Crippen LogP contribution in [0.1, 0.15) is 6.92 Å². The van der Waals surface area contributed by atoms with Gasteiger partial charge in [-0.2, -0.15) is 0 Å². The third-order valence-electron chi connectivity index (χ3n) is 0.489. The maximum atomic E-state index is 9.91. The Kier molecular flexibility index (Phi) is 2.66. The van der Waals surface area contributed by atoms with Crippen LogP contribution in [0.4, 0.5) is 0 Å². The second-order valence-corrected chi connectivity index (χ2v) is 1.30. The van der Waals surface area contributed by atoms with Crippen molar-refractivity contribution in [2.45, 2.75) is 13.2 Å². The molecule has 5 nitrogen and oxygen atoms in total. The smallest absolute Gasteiger partial charge is 0.373 e. The summed E-state index contributed by atoms with van der Waals surface area (Å²) in [5.41, 5.74) is 0. The first-order valence-electron chi connectivity index (χ1n) is 2.12. The van der Waals surface area contributed by atoms with Crippen molar-refractivity contribution in [3.63, 3.8) is 0 Å². The number of aliphatic hydroxyl groups excluding tert-OH is 1. The Labute approximate surface area is 50.9 Å². The van der Waals surface area contributed by atoms with Gasteiger partial charge in [-0.15, -0.1) is 0 Å². The molecule has 0 bridgehead atoms. The molecule has 0 saturated carbocycles. The zero-order chi connectivity index (χ0) is 7.44. The molecule has 0 aliphatic heterocycles. The Hall–Kier alpha value is -1.10. The van der Waals surface area contributed by atoms with Gasteiger partial charge < -0.3 is 14.9 Å². The minimum atomic E-state index is -2.04. The van der Waals surface area contributed by atoms with Crippen molar-refractivity contribution in [3.8, 4) is 0 Å². The molecule has 0 aromatic heterocycles. The zero-order valence-corrected chi connectivity index (χ0v) is 4.70. The van der Waals surface area contributed by atoms with Crippen LogP contribution in [0.3, 0.4) is 0 Å². The number of carbonyl (C=O) groups is 2. The number of hydrogen-bond donors (Lipinski definition) is 2. The molecular formula is C4H6O5. The van der Waals surface area contributed by atoms with Crippen LogP contribution in [-0.4, -0.2) is 28.4 Å². The van der Waals surface area contributed by atoms with E-state index in [1.807, 2.05) is 0 Å². The minimum absolute atomic E-state index is 0.829. The number of hydrogen-bond acceptors (Lipinski definition) is 4. The van der Waals surface area contributed by atoms with E-state index in [1.54, 1.807) is 0 Å². The first-order chi connectivity index (χ1) is 4.04. The summed E-state index contributed by atoms with van der Waals surface area (Å²) >= 11 is 0. The van der Waals surface area contributed by atoms with Gasteiger partial charge in [-0.25, -0.2) is 4.79 Å². The van der Waals surface area contributed by atoms with Crippen LogP contribution in [-0.2, 0) is 14.3 Å². The lowest BCUT2D eigenvalue weighted by Gasteiger charge is -2.02. The van der Waals surface area contributed by atoms with Gasteiger partial charge >= 0.3 is 11.9 Å². The fourth-order valence-corrected chi connectivity index (χ4v) is 0.208. The van der Waals surface area contributed by atoms with Crippen molar-refractivity contribution in [1.82, 2.24) is 0 Å². The van der Waals surface area contributed by atoms with Crippen LogP contribution >= 0.6 is 0 Å². The van der Waals surface area contributed by atoms with Gasteiger partial charge in [0, 0.05) is 6.92 Å². The van der Waals surface area contributed by atoms with Gasteiger partial charge in [-0.1, -0.05) is 0 Å². The van der Waals surface area contributed by atoms with Crippen LogP contribution in [0.15, 0.2) is 0 Å². The van der Waals surface area contributed by atoms with Crippen molar-refractivity contribution in [2.24, 2.45) is 0 Å². The van der Waals surface area contributed by atoms with Crippen molar-refractivity contribution < 1.29 is 24.5 Å². The molecule has 0 saturated heterocycles. The molecule has 0 heterocycles. The number of esters is 1. The van der Waals surface area contributed by atoms with Gasteiger partial charge in [-0.05, 0) is 0 Å². The highest BCUT2D eigenvalue weighted by molar-refractivity contribution is 5.75. The quantitative estimate of drug-likeness (QED) is 0.372. The first-order valence-corrected chi connectivity index (χ1v) is 2.12. The van der Waals surface area contributed by atoms with Crippen LogP contribution < -0.4 is 0 Å². The lowest BCUT2D eigenvalue weighted by atomic mass is 10.6. The topological polar surface area (TPSA) is 83.8 Å². The minimum Gasteiger partial charge on any atom is -0.477 e. The Morgan fingerprint density at radius 2 is 2.00 bits per heavy atom. The van der Waals surface area contributed by atoms with Gasteiger partial charge in [0.25, 0.3) is 6.29 Å². The van der Waals surface area contributed by atoms with Crippen molar-refractivity contribution in [2.75, 3.05) is 0 Å². The summed E-state index contributed by atoms with van der Waals surface area (Å²) in [5, 5.41) is 16.2. The summed E-state index contributed by atoms with van der Waals surface area (Å²) in [4.78, 5) is 19.6. The molecule has 5 heteroatoms. The maximum absolute atomic E-state index is 9.91. The molecule has 0 amide bonds.